The van der Waals surface area contributed by atoms with E-state index >= 15 is 0 Å². The summed E-state index contributed by atoms with van der Waals surface area (Å²) in [4.78, 5) is 31.2. The van der Waals surface area contributed by atoms with E-state index in [1.54, 1.807) is 24.3 Å². The highest BCUT2D eigenvalue weighted by Crippen LogP contribution is 2.25. The number of likely N-dealkylation sites (tertiary alicyclic amines) is 1. The van der Waals surface area contributed by atoms with Crippen LogP contribution in [0.5, 0.6) is 0 Å². The lowest BCUT2D eigenvalue weighted by atomic mass is 9.95. The average molecular weight is 489 g/mol. The number of nitrogens with zero attached hydrogens (tertiary/aromatic N) is 3. The largest absolute Gasteiger partial charge is 0.465 e. The minimum absolute atomic E-state index is 0.0874. The van der Waals surface area contributed by atoms with Crippen molar-refractivity contribution < 1.29 is 18.8 Å². The van der Waals surface area contributed by atoms with Crippen LogP contribution in [0.15, 0.2) is 47.0 Å². The lowest BCUT2D eigenvalue weighted by molar-refractivity contribution is -0.121. The van der Waals surface area contributed by atoms with Crippen LogP contribution in [0.25, 0.3) is 11.4 Å². The first-order valence-electron chi connectivity index (χ1n) is 10.4. The Balaban J connectivity index is 1.30. The van der Waals surface area contributed by atoms with Gasteiger partial charge in [0.05, 0.1) is 24.2 Å². The molecule has 3 aromatic rings. The van der Waals surface area contributed by atoms with Crippen LogP contribution in [-0.4, -0.2) is 47.1 Å². The molecule has 1 fully saturated rings. The van der Waals surface area contributed by atoms with E-state index < -0.39 is 5.97 Å². The van der Waals surface area contributed by atoms with E-state index in [1.165, 1.54) is 13.2 Å². The molecule has 1 aliphatic heterocycles. The molecule has 33 heavy (non-hydrogen) atoms. The Labute approximate surface area is 200 Å². The number of esters is 1. The summed E-state index contributed by atoms with van der Waals surface area (Å²) < 4.78 is 10.1. The maximum atomic E-state index is 12.7. The van der Waals surface area contributed by atoms with Crippen molar-refractivity contribution in [3.63, 3.8) is 0 Å². The number of carbonyl (C=O) groups excluding carboxylic acids is 2. The molecule has 0 bridgehead atoms. The number of piperidine rings is 1. The first-order chi connectivity index (χ1) is 15.9. The Kier molecular flexibility index (Phi) is 7.27. The van der Waals surface area contributed by atoms with Crippen LogP contribution in [0.1, 0.15) is 29.1 Å². The number of hydrogen-bond donors (Lipinski definition) is 1. The van der Waals surface area contributed by atoms with E-state index in [9.17, 15) is 9.59 Å². The van der Waals surface area contributed by atoms with Gasteiger partial charge in [-0.15, -0.1) is 0 Å². The highest BCUT2D eigenvalue weighted by Gasteiger charge is 2.26. The summed E-state index contributed by atoms with van der Waals surface area (Å²) in [6, 6.07) is 12.0. The Hall–Kier alpha value is -2.94. The van der Waals surface area contributed by atoms with Crippen molar-refractivity contribution in [2.75, 3.05) is 25.5 Å². The van der Waals surface area contributed by atoms with Crippen LogP contribution >= 0.6 is 23.2 Å². The first-order valence-corrected chi connectivity index (χ1v) is 11.2. The van der Waals surface area contributed by atoms with Crippen molar-refractivity contribution in [1.29, 1.82) is 0 Å². The summed E-state index contributed by atoms with van der Waals surface area (Å²) in [6.07, 6.45) is 1.39. The van der Waals surface area contributed by atoms with Gasteiger partial charge < -0.3 is 14.6 Å². The molecule has 1 amide bonds. The molecule has 2 aromatic carbocycles. The predicted octanol–water partition coefficient (Wildman–Crippen LogP) is 4.68. The highest BCUT2D eigenvalue weighted by atomic mass is 35.5. The van der Waals surface area contributed by atoms with Crippen molar-refractivity contribution in [3.05, 3.63) is 64.0 Å². The molecular formula is C23H22Cl2N4O4. The minimum atomic E-state index is -0.551. The topological polar surface area (TPSA) is 97.6 Å². The fourth-order valence-electron chi connectivity index (χ4n) is 3.69. The number of benzene rings is 2. The van der Waals surface area contributed by atoms with Crippen molar-refractivity contribution in [3.8, 4) is 11.4 Å². The van der Waals surface area contributed by atoms with Gasteiger partial charge in [-0.25, -0.2) is 4.79 Å². The zero-order valence-corrected chi connectivity index (χ0v) is 19.4. The van der Waals surface area contributed by atoms with Gasteiger partial charge >= 0.3 is 5.97 Å². The molecule has 2 heterocycles. The summed E-state index contributed by atoms with van der Waals surface area (Å²) in [6.45, 7) is 1.98. The quantitative estimate of drug-likeness (QED) is 0.502. The van der Waals surface area contributed by atoms with Crippen LogP contribution in [-0.2, 0) is 16.1 Å². The summed E-state index contributed by atoms with van der Waals surface area (Å²) in [7, 11) is 1.28. The van der Waals surface area contributed by atoms with Gasteiger partial charge in [-0.05, 0) is 68.4 Å². The molecule has 1 aliphatic rings. The van der Waals surface area contributed by atoms with E-state index in [1.807, 2.05) is 12.1 Å². The molecule has 1 N–H and O–H groups in total. The molecule has 10 heteroatoms. The Bertz CT molecular complexity index is 1140. The molecular weight excluding hydrogens is 467 g/mol. The number of carbonyl (C=O) groups is 2. The monoisotopic (exact) mass is 488 g/mol. The van der Waals surface area contributed by atoms with Gasteiger partial charge in [0.25, 0.3) is 0 Å². The third kappa shape index (κ3) is 5.71. The number of aromatic nitrogens is 2. The van der Waals surface area contributed by atoms with Gasteiger partial charge in [-0.2, -0.15) is 4.98 Å². The summed E-state index contributed by atoms with van der Waals surface area (Å²) in [5, 5.41) is 7.83. The summed E-state index contributed by atoms with van der Waals surface area (Å²) in [5.74, 6) is 0.274. The van der Waals surface area contributed by atoms with Gasteiger partial charge in [-0.3, -0.25) is 9.69 Å². The van der Waals surface area contributed by atoms with Crippen LogP contribution in [0.2, 0.25) is 10.0 Å². The molecule has 1 saturated heterocycles. The highest BCUT2D eigenvalue weighted by molar-refractivity contribution is 6.33. The van der Waals surface area contributed by atoms with Crippen LogP contribution < -0.4 is 5.32 Å². The van der Waals surface area contributed by atoms with Crippen LogP contribution in [0.3, 0.4) is 0 Å². The molecule has 1 aromatic heterocycles. The fourth-order valence-corrected chi connectivity index (χ4v) is 4.01. The molecule has 0 saturated carbocycles. The van der Waals surface area contributed by atoms with Gasteiger partial charge in [0.15, 0.2) is 0 Å². The third-order valence-corrected chi connectivity index (χ3v) is 6.11. The molecule has 172 valence electrons. The first kappa shape index (κ1) is 23.2. The number of rotatable bonds is 6. The standard InChI is InChI=1S/C23H22Cl2N4O4/c1-32-23(31)18-12-17(6-7-19(18)25)26-22(30)15-8-10-29(11-9-15)13-20-27-21(28-33-20)14-2-4-16(24)5-3-14/h2-7,12,15H,8-11,13H2,1H3,(H,26,30). The van der Waals surface area contributed by atoms with E-state index in [2.05, 4.69) is 20.4 Å². The SMILES string of the molecule is COC(=O)c1cc(NC(=O)C2CCN(Cc3nc(-c4ccc(Cl)cc4)no3)CC2)ccc1Cl. The normalized spacial score (nSPS) is 14.8. The molecule has 0 radical (unpaired) electrons. The zero-order valence-electron chi connectivity index (χ0n) is 17.9. The number of methoxy groups -OCH3 is 1. The van der Waals surface area contributed by atoms with Crippen molar-refractivity contribution in [1.82, 2.24) is 15.0 Å². The number of anilines is 1. The molecule has 8 nitrogen and oxygen atoms in total. The van der Waals surface area contributed by atoms with Gasteiger partial charge in [0, 0.05) is 22.2 Å². The second-order valence-electron chi connectivity index (χ2n) is 7.74. The van der Waals surface area contributed by atoms with Crippen LogP contribution in [0, 0.1) is 5.92 Å². The molecule has 0 atom stereocenters. The van der Waals surface area contributed by atoms with Crippen molar-refractivity contribution in [2.45, 2.75) is 19.4 Å². The molecule has 0 aliphatic carbocycles. The maximum Gasteiger partial charge on any atom is 0.339 e. The second kappa shape index (κ2) is 10.3. The number of ether oxygens (including phenoxy) is 1. The lowest BCUT2D eigenvalue weighted by Gasteiger charge is -2.30. The summed E-state index contributed by atoms with van der Waals surface area (Å²) in [5.41, 5.74) is 1.56. The number of hydrogen-bond acceptors (Lipinski definition) is 7. The second-order valence-corrected chi connectivity index (χ2v) is 8.59. The predicted molar refractivity (Wildman–Crippen MR) is 124 cm³/mol. The molecule has 0 spiro atoms. The van der Waals surface area contributed by atoms with E-state index in [0.29, 0.717) is 41.8 Å². The minimum Gasteiger partial charge on any atom is -0.465 e. The van der Waals surface area contributed by atoms with Gasteiger partial charge in [0.1, 0.15) is 0 Å². The van der Waals surface area contributed by atoms with Crippen molar-refractivity contribution in [2.24, 2.45) is 5.92 Å². The number of amides is 1. The molecule has 0 unspecified atom stereocenters. The van der Waals surface area contributed by atoms with E-state index in [0.717, 1.165) is 18.7 Å². The maximum absolute atomic E-state index is 12.7. The van der Waals surface area contributed by atoms with Gasteiger partial charge in [0.2, 0.25) is 17.6 Å². The Morgan fingerprint density at radius 2 is 1.88 bits per heavy atom. The smallest absolute Gasteiger partial charge is 0.339 e. The van der Waals surface area contributed by atoms with E-state index in [4.69, 9.17) is 32.5 Å². The van der Waals surface area contributed by atoms with Gasteiger partial charge in [-0.1, -0.05) is 28.4 Å². The lowest BCUT2D eigenvalue weighted by Crippen LogP contribution is -2.37. The Morgan fingerprint density at radius 1 is 1.15 bits per heavy atom. The number of nitrogens with one attached hydrogen (secondary N) is 1. The summed E-state index contributed by atoms with van der Waals surface area (Å²) >= 11 is 12.0. The van der Waals surface area contributed by atoms with Crippen LogP contribution in [0.4, 0.5) is 5.69 Å². The molecule has 4 rings (SSSR count). The Morgan fingerprint density at radius 3 is 2.58 bits per heavy atom. The van der Waals surface area contributed by atoms with Crippen molar-refractivity contribution >= 4 is 40.8 Å². The van der Waals surface area contributed by atoms with E-state index in [-0.39, 0.29) is 22.4 Å². The number of halogens is 2. The third-order valence-electron chi connectivity index (χ3n) is 5.53. The fraction of sp³-hybridized carbons (Fsp3) is 0.304. The zero-order chi connectivity index (χ0) is 23.4. The average Bonchev–Trinajstić information content (AvgIpc) is 3.29.